The molecule has 11 heteroatoms. The van der Waals surface area contributed by atoms with Gasteiger partial charge in [0, 0.05) is 37.6 Å². The normalized spacial score (nSPS) is 18.6. The van der Waals surface area contributed by atoms with Gasteiger partial charge >= 0.3 is 0 Å². The number of nitrogens with one attached hydrogen (secondary N) is 2. The fraction of sp³-hybridized carbons (Fsp3) is 0.400. The number of rotatable bonds is 7. The smallest absolute Gasteiger partial charge is 0.253 e. The summed E-state index contributed by atoms with van der Waals surface area (Å²) in [6.07, 6.45) is 5.70. The van der Waals surface area contributed by atoms with Crippen LogP contribution in [0.25, 0.3) is 0 Å². The number of nitrogens with zero attached hydrogens (tertiary/aromatic N) is 2. The van der Waals surface area contributed by atoms with Crippen LogP contribution in [0.1, 0.15) is 36.0 Å². The number of hydrogen-bond acceptors (Lipinski definition) is 6. The van der Waals surface area contributed by atoms with E-state index in [0.29, 0.717) is 18.4 Å². The van der Waals surface area contributed by atoms with Gasteiger partial charge < -0.3 is 5.32 Å². The molecule has 0 radical (unpaired) electrons. The summed E-state index contributed by atoms with van der Waals surface area (Å²) < 4.78 is 54.4. The molecule has 2 N–H and O–H groups in total. The molecule has 166 valence electrons. The third-order valence-corrected chi connectivity index (χ3v) is 8.83. The summed E-state index contributed by atoms with van der Waals surface area (Å²) in [5, 5.41) is 2.92. The molecule has 1 amide bonds. The van der Waals surface area contributed by atoms with Gasteiger partial charge in [-0.05, 0) is 62.1 Å². The molecule has 31 heavy (non-hydrogen) atoms. The average molecular weight is 465 g/mol. The van der Waals surface area contributed by atoms with Crippen LogP contribution in [0.15, 0.2) is 58.6 Å². The van der Waals surface area contributed by atoms with Gasteiger partial charge in [-0.15, -0.1) is 0 Å². The highest BCUT2D eigenvalue weighted by atomic mass is 32.2. The molecule has 1 saturated carbocycles. The Bertz CT molecular complexity index is 1140. The van der Waals surface area contributed by atoms with E-state index in [1.807, 2.05) is 0 Å². The lowest BCUT2D eigenvalue weighted by atomic mass is 10.1. The molecule has 0 spiro atoms. The zero-order valence-corrected chi connectivity index (χ0v) is 18.4. The molecule has 2 aliphatic rings. The van der Waals surface area contributed by atoms with Crippen molar-refractivity contribution in [2.45, 2.75) is 47.6 Å². The maximum atomic E-state index is 13.0. The number of amides is 1. The second kappa shape index (κ2) is 8.65. The lowest BCUT2D eigenvalue weighted by Crippen LogP contribution is -2.46. The number of carbonyl (C=O) groups excluding carboxylic acids is 1. The lowest BCUT2D eigenvalue weighted by Gasteiger charge is -2.31. The monoisotopic (exact) mass is 464 g/mol. The van der Waals surface area contributed by atoms with Gasteiger partial charge in [0.25, 0.3) is 5.91 Å². The summed E-state index contributed by atoms with van der Waals surface area (Å²) in [5.41, 5.74) is 0.462. The Morgan fingerprint density at radius 3 is 2.13 bits per heavy atom. The van der Waals surface area contributed by atoms with Gasteiger partial charge in [0.15, 0.2) is 0 Å². The van der Waals surface area contributed by atoms with Gasteiger partial charge in [-0.25, -0.2) is 21.6 Å². The van der Waals surface area contributed by atoms with Crippen LogP contribution in [-0.4, -0.2) is 57.2 Å². The Kier molecular flexibility index (Phi) is 6.11. The van der Waals surface area contributed by atoms with E-state index in [0.717, 1.165) is 12.8 Å². The van der Waals surface area contributed by atoms with Gasteiger partial charge in [-0.3, -0.25) is 9.78 Å². The largest absolute Gasteiger partial charge is 0.349 e. The SMILES string of the molecule is O=C(NC1CCN(S(=O)(=O)c2ccc(S(=O)(=O)NC3CC3)cc2)CC1)c1cccnc1. The highest BCUT2D eigenvalue weighted by Gasteiger charge is 2.31. The number of hydrogen-bond donors (Lipinski definition) is 2. The van der Waals surface area contributed by atoms with Crippen molar-refractivity contribution >= 4 is 26.0 Å². The van der Waals surface area contributed by atoms with Crippen LogP contribution in [0.2, 0.25) is 0 Å². The number of pyridine rings is 1. The molecular weight excluding hydrogens is 440 g/mol. The molecule has 2 fully saturated rings. The van der Waals surface area contributed by atoms with E-state index >= 15 is 0 Å². The molecule has 0 unspecified atom stereocenters. The fourth-order valence-electron chi connectivity index (χ4n) is 3.43. The fourth-order valence-corrected chi connectivity index (χ4v) is 6.21. The van der Waals surface area contributed by atoms with Gasteiger partial charge in [0.1, 0.15) is 0 Å². The van der Waals surface area contributed by atoms with Crippen molar-refractivity contribution in [3.8, 4) is 0 Å². The zero-order chi connectivity index (χ0) is 22.1. The second-order valence-corrected chi connectivity index (χ2v) is 11.4. The maximum absolute atomic E-state index is 13.0. The van der Waals surface area contributed by atoms with E-state index in [1.54, 1.807) is 18.3 Å². The molecule has 4 rings (SSSR count). The first-order valence-electron chi connectivity index (χ1n) is 10.1. The van der Waals surface area contributed by atoms with Gasteiger partial charge in [0.05, 0.1) is 15.4 Å². The van der Waals surface area contributed by atoms with Gasteiger partial charge in [-0.2, -0.15) is 4.31 Å². The molecule has 0 atom stereocenters. The molecule has 0 bridgehead atoms. The molecule has 2 heterocycles. The molecule has 1 aromatic carbocycles. The summed E-state index contributed by atoms with van der Waals surface area (Å²) in [6.45, 7) is 0.535. The first kappa shape index (κ1) is 21.9. The van der Waals surface area contributed by atoms with Crippen molar-refractivity contribution < 1.29 is 21.6 Å². The van der Waals surface area contributed by atoms with Crippen molar-refractivity contribution in [1.82, 2.24) is 19.3 Å². The predicted octanol–water partition coefficient (Wildman–Crippen LogP) is 1.11. The average Bonchev–Trinajstić information content (AvgIpc) is 3.58. The summed E-state index contributed by atoms with van der Waals surface area (Å²) in [5.74, 6) is -0.231. The summed E-state index contributed by atoms with van der Waals surface area (Å²) in [7, 11) is -7.37. The van der Waals surface area contributed by atoms with E-state index in [2.05, 4.69) is 15.0 Å². The minimum absolute atomic E-state index is 0.0200. The van der Waals surface area contributed by atoms with Crippen LogP contribution in [0.5, 0.6) is 0 Å². The first-order chi connectivity index (χ1) is 14.8. The van der Waals surface area contributed by atoms with Gasteiger partial charge in [-0.1, -0.05) is 0 Å². The zero-order valence-electron chi connectivity index (χ0n) is 16.8. The van der Waals surface area contributed by atoms with Gasteiger partial charge in [0.2, 0.25) is 20.0 Å². The Hall–Kier alpha value is -2.34. The number of carbonyl (C=O) groups is 1. The Labute approximate surface area is 182 Å². The third-order valence-electron chi connectivity index (χ3n) is 5.38. The Morgan fingerprint density at radius 1 is 0.903 bits per heavy atom. The number of aromatic nitrogens is 1. The Morgan fingerprint density at radius 2 is 1.55 bits per heavy atom. The van der Waals surface area contributed by atoms with E-state index in [-0.39, 0.29) is 40.9 Å². The quantitative estimate of drug-likeness (QED) is 0.632. The number of sulfonamides is 2. The minimum atomic E-state index is -3.74. The van der Waals surface area contributed by atoms with Crippen LogP contribution >= 0.6 is 0 Å². The third kappa shape index (κ3) is 5.12. The molecule has 1 aliphatic carbocycles. The molecule has 9 nitrogen and oxygen atoms in total. The molecular formula is C20H24N4O5S2. The standard InChI is InChI=1S/C20H24N4O5S2/c25-20(15-2-1-11-21-14-15)22-16-9-12-24(13-10-16)31(28,29)19-7-5-18(6-8-19)30(26,27)23-17-3-4-17/h1-2,5-8,11,14,16-17,23H,3-4,9-10,12-13H2,(H,22,25). The highest BCUT2D eigenvalue weighted by molar-refractivity contribution is 7.89. The van der Waals surface area contributed by atoms with E-state index < -0.39 is 20.0 Å². The summed E-state index contributed by atoms with van der Waals surface area (Å²) >= 11 is 0. The van der Waals surface area contributed by atoms with Crippen LogP contribution in [-0.2, 0) is 20.0 Å². The van der Waals surface area contributed by atoms with Crippen LogP contribution < -0.4 is 10.0 Å². The molecule has 1 aromatic heterocycles. The molecule has 1 saturated heterocycles. The highest BCUT2D eigenvalue weighted by Crippen LogP contribution is 2.25. The van der Waals surface area contributed by atoms with Crippen LogP contribution in [0.3, 0.4) is 0 Å². The maximum Gasteiger partial charge on any atom is 0.253 e. The van der Waals surface area contributed by atoms with Crippen molar-refractivity contribution in [2.75, 3.05) is 13.1 Å². The number of piperidine rings is 1. The molecule has 2 aromatic rings. The van der Waals surface area contributed by atoms with Crippen molar-refractivity contribution in [1.29, 1.82) is 0 Å². The van der Waals surface area contributed by atoms with E-state index in [4.69, 9.17) is 0 Å². The predicted molar refractivity (Wildman–Crippen MR) is 113 cm³/mol. The Balaban J connectivity index is 1.37. The second-order valence-electron chi connectivity index (χ2n) is 7.76. The summed E-state index contributed by atoms with van der Waals surface area (Å²) in [4.78, 5) is 16.3. The first-order valence-corrected chi connectivity index (χ1v) is 13.0. The van der Waals surface area contributed by atoms with Crippen molar-refractivity contribution in [3.63, 3.8) is 0 Å². The van der Waals surface area contributed by atoms with E-state index in [9.17, 15) is 21.6 Å². The topological polar surface area (TPSA) is 126 Å². The summed E-state index contributed by atoms with van der Waals surface area (Å²) in [6, 6.07) is 8.50. The van der Waals surface area contributed by atoms with Crippen LogP contribution in [0.4, 0.5) is 0 Å². The van der Waals surface area contributed by atoms with Crippen molar-refractivity contribution in [2.24, 2.45) is 0 Å². The van der Waals surface area contributed by atoms with Crippen LogP contribution in [0, 0.1) is 0 Å². The van der Waals surface area contributed by atoms with E-state index in [1.165, 1.54) is 34.8 Å². The lowest BCUT2D eigenvalue weighted by molar-refractivity contribution is 0.0923. The van der Waals surface area contributed by atoms with Crippen molar-refractivity contribution in [3.05, 3.63) is 54.4 Å². The number of benzene rings is 1. The minimum Gasteiger partial charge on any atom is -0.349 e. The molecule has 1 aliphatic heterocycles.